The van der Waals surface area contributed by atoms with E-state index in [1.165, 1.54) is 0 Å². The van der Waals surface area contributed by atoms with Crippen molar-refractivity contribution in [1.82, 2.24) is 5.32 Å². The van der Waals surface area contributed by atoms with Crippen LogP contribution in [0.25, 0.3) is 0 Å². The fourth-order valence-electron chi connectivity index (χ4n) is 1.67. The minimum Gasteiger partial charge on any atom is -0.361 e. The number of hydrogen-bond acceptors (Lipinski definition) is 2. The molecule has 0 spiro atoms. The third kappa shape index (κ3) is 2.18. The Morgan fingerprint density at radius 2 is 2.13 bits per heavy atom. The molecule has 3 heteroatoms. The maximum absolute atomic E-state index is 11.5. The summed E-state index contributed by atoms with van der Waals surface area (Å²) >= 11 is 0. The Balaban J connectivity index is 1.96. The summed E-state index contributed by atoms with van der Waals surface area (Å²) in [6.45, 7) is 3.05. The number of rotatable bonds is 3. The first kappa shape index (κ1) is 10.2. The van der Waals surface area contributed by atoms with Crippen LogP contribution in [0.3, 0.4) is 0 Å². The van der Waals surface area contributed by atoms with Crippen LogP contribution in [-0.2, 0) is 16.1 Å². The van der Waals surface area contributed by atoms with Gasteiger partial charge in [-0.2, -0.15) is 0 Å². The first-order valence-corrected chi connectivity index (χ1v) is 5.17. The summed E-state index contributed by atoms with van der Waals surface area (Å²) in [5.41, 5.74) is 0.453. The first-order valence-electron chi connectivity index (χ1n) is 5.17. The van der Waals surface area contributed by atoms with Crippen LogP contribution in [0.5, 0.6) is 0 Å². The normalized spacial score (nSPS) is 25.3. The number of benzene rings is 1. The van der Waals surface area contributed by atoms with E-state index in [0.29, 0.717) is 13.2 Å². The summed E-state index contributed by atoms with van der Waals surface area (Å²) in [6.07, 6.45) is 0.749. The van der Waals surface area contributed by atoms with Gasteiger partial charge in [0.2, 0.25) is 0 Å². The van der Waals surface area contributed by atoms with Crippen molar-refractivity contribution in [2.45, 2.75) is 25.6 Å². The molecule has 1 unspecified atom stereocenters. The lowest BCUT2D eigenvalue weighted by atomic mass is 10.1. The van der Waals surface area contributed by atoms with Crippen molar-refractivity contribution in [3.8, 4) is 0 Å². The lowest BCUT2D eigenvalue weighted by Crippen LogP contribution is -2.37. The molecule has 1 N–H and O–H groups in total. The quantitative estimate of drug-likeness (QED) is 0.811. The Labute approximate surface area is 89.4 Å². The van der Waals surface area contributed by atoms with Crippen molar-refractivity contribution in [3.05, 3.63) is 35.9 Å². The summed E-state index contributed by atoms with van der Waals surface area (Å²) < 4.78 is 5.68. The largest absolute Gasteiger partial charge is 0.361 e. The SMILES string of the molecule is CC1(OCc2ccccc2)CCNC1=O. The smallest absolute Gasteiger partial charge is 0.252 e. The minimum absolute atomic E-state index is 0.00145. The van der Waals surface area contributed by atoms with Crippen LogP contribution in [0.15, 0.2) is 30.3 Å². The van der Waals surface area contributed by atoms with E-state index in [0.717, 1.165) is 12.0 Å². The molecule has 1 heterocycles. The minimum atomic E-state index is -0.643. The molecule has 0 radical (unpaired) electrons. The van der Waals surface area contributed by atoms with Crippen LogP contribution in [-0.4, -0.2) is 18.1 Å². The predicted molar refractivity (Wildman–Crippen MR) is 57.3 cm³/mol. The highest BCUT2D eigenvalue weighted by Gasteiger charge is 2.38. The van der Waals surface area contributed by atoms with Gasteiger partial charge in [0.1, 0.15) is 5.60 Å². The maximum atomic E-state index is 11.5. The third-order valence-electron chi connectivity index (χ3n) is 2.77. The average Bonchev–Trinajstić information content (AvgIpc) is 2.59. The molecule has 0 bridgehead atoms. The number of carbonyl (C=O) groups is 1. The van der Waals surface area contributed by atoms with E-state index in [1.807, 2.05) is 37.3 Å². The second kappa shape index (κ2) is 4.03. The van der Waals surface area contributed by atoms with Gasteiger partial charge in [-0.1, -0.05) is 30.3 Å². The van der Waals surface area contributed by atoms with Gasteiger partial charge in [-0.05, 0) is 12.5 Å². The predicted octanol–water partition coefficient (Wildman–Crippen LogP) is 1.48. The van der Waals surface area contributed by atoms with Gasteiger partial charge >= 0.3 is 0 Å². The van der Waals surface area contributed by atoms with Crippen molar-refractivity contribution in [2.75, 3.05) is 6.54 Å². The number of ether oxygens (including phenoxy) is 1. The molecule has 1 saturated heterocycles. The lowest BCUT2D eigenvalue weighted by Gasteiger charge is -2.21. The molecule has 3 nitrogen and oxygen atoms in total. The Hall–Kier alpha value is -1.35. The summed E-state index contributed by atoms with van der Waals surface area (Å²) in [4.78, 5) is 11.5. The second-order valence-corrected chi connectivity index (χ2v) is 4.01. The molecule has 1 aromatic carbocycles. The van der Waals surface area contributed by atoms with Crippen molar-refractivity contribution in [2.24, 2.45) is 0 Å². The van der Waals surface area contributed by atoms with E-state index in [9.17, 15) is 4.79 Å². The molecule has 1 atom stereocenters. The van der Waals surface area contributed by atoms with E-state index in [1.54, 1.807) is 0 Å². The summed E-state index contributed by atoms with van der Waals surface area (Å²) in [5.74, 6) is -0.00145. The van der Waals surface area contributed by atoms with Crippen molar-refractivity contribution in [1.29, 1.82) is 0 Å². The molecule has 1 aliphatic heterocycles. The molecule has 80 valence electrons. The van der Waals surface area contributed by atoms with Gasteiger partial charge in [0, 0.05) is 13.0 Å². The maximum Gasteiger partial charge on any atom is 0.252 e. The monoisotopic (exact) mass is 205 g/mol. The number of nitrogens with one attached hydrogen (secondary N) is 1. The summed E-state index contributed by atoms with van der Waals surface area (Å²) in [6, 6.07) is 9.89. The molecule has 0 aliphatic carbocycles. The van der Waals surface area contributed by atoms with Gasteiger partial charge < -0.3 is 10.1 Å². The average molecular weight is 205 g/mol. The zero-order valence-corrected chi connectivity index (χ0v) is 8.82. The second-order valence-electron chi connectivity index (χ2n) is 4.01. The van der Waals surface area contributed by atoms with Crippen LogP contribution in [0, 0.1) is 0 Å². The summed E-state index contributed by atoms with van der Waals surface area (Å²) in [7, 11) is 0. The fraction of sp³-hybridized carbons (Fsp3) is 0.417. The Morgan fingerprint density at radius 1 is 1.40 bits per heavy atom. The topological polar surface area (TPSA) is 38.3 Å². The van der Waals surface area contributed by atoms with E-state index in [2.05, 4.69) is 5.32 Å². The Bertz CT molecular complexity index is 350. The molecule has 1 fully saturated rings. The van der Waals surface area contributed by atoms with Gasteiger partial charge in [-0.15, -0.1) is 0 Å². The first-order chi connectivity index (χ1) is 7.21. The van der Waals surface area contributed by atoms with E-state index >= 15 is 0 Å². The molecule has 1 aliphatic rings. The summed E-state index contributed by atoms with van der Waals surface area (Å²) in [5, 5.41) is 2.78. The van der Waals surface area contributed by atoms with Crippen LogP contribution < -0.4 is 5.32 Å². The Morgan fingerprint density at radius 3 is 2.73 bits per heavy atom. The number of hydrogen-bond donors (Lipinski definition) is 1. The molecule has 15 heavy (non-hydrogen) atoms. The van der Waals surface area contributed by atoms with Gasteiger partial charge in [0.05, 0.1) is 6.61 Å². The van der Waals surface area contributed by atoms with Gasteiger partial charge in [-0.3, -0.25) is 4.79 Å². The van der Waals surface area contributed by atoms with E-state index < -0.39 is 5.60 Å². The van der Waals surface area contributed by atoms with Crippen LogP contribution in [0.4, 0.5) is 0 Å². The van der Waals surface area contributed by atoms with Crippen LogP contribution >= 0.6 is 0 Å². The molecule has 1 amide bonds. The lowest BCUT2D eigenvalue weighted by molar-refractivity contribution is -0.141. The highest BCUT2D eigenvalue weighted by molar-refractivity contribution is 5.86. The molecule has 2 rings (SSSR count). The van der Waals surface area contributed by atoms with Crippen LogP contribution in [0.1, 0.15) is 18.9 Å². The number of carbonyl (C=O) groups excluding carboxylic acids is 1. The molecule has 0 saturated carbocycles. The fourth-order valence-corrected chi connectivity index (χ4v) is 1.67. The van der Waals surface area contributed by atoms with E-state index in [4.69, 9.17) is 4.74 Å². The zero-order chi connectivity index (χ0) is 10.7. The number of amides is 1. The molecular weight excluding hydrogens is 190 g/mol. The van der Waals surface area contributed by atoms with Crippen molar-refractivity contribution in [3.63, 3.8) is 0 Å². The van der Waals surface area contributed by atoms with E-state index in [-0.39, 0.29) is 5.91 Å². The molecule has 0 aromatic heterocycles. The van der Waals surface area contributed by atoms with Crippen LogP contribution in [0.2, 0.25) is 0 Å². The van der Waals surface area contributed by atoms with Crippen molar-refractivity contribution >= 4 is 5.91 Å². The van der Waals surface area contributed by atoms with Gasteiger partial charge in [-0.25, -0.2) is 0 Å². The third-order valence-corrected chi connectivity index (χ3v) is 2.77. The Kier molecular flexibility index (Phi) is 2.73. The zero-order valence-electron chi connectivity index (χ0n) is 8.82. The van der Waals surface area contributed by atoms with Gasteiger partial charge in [0.15, 0.2) is 0 Å². The molecule has 1 aromatic rings. The van der Waals surface area contributed by atoms with Crippen molar-refractivity contribution < 1.29 is 9.53 Å². The molecular formula is C12H15NO2. The highest BCUT2D eigenvalue weighted by atomic mass is 16.5. The highest BCUT2D eigenvalue weighted by Crippen LogP contribution is 2.21. The standard InChI is InChI=1S/C12H15NO2/c1-12(7-8-13-11(12)14)15-9-10-5-3-2-4-6-10/h2-6H,7-9H2,1H3,(H,13,14). The van der Waals surface area contributed by atoms with Gasteiger partial charge in [0.25, 0.3) is 5.91 Å².